The molecule has 2 aromatic rings. The monoisotopic (exact) mass is 473 g/mol. The van der Waals surface area contributed by atoms with Crippen LogP contribution in [0.15, 0.2) is 24.3 Å². The maximum atomic E-state index is 15.3. The lowest BCUT2D eigenvalue weighted by molar-refractivity contribution is -0.131. The first-order chi connectivity index (χ1) is 15.8. The van der Waals surface area contributed by atoms with Crippen LogP contribution in [0.1, 0.15) is 49.0 Å². The molecule has 3 unspecified atom stereocenters. The van der Waals surface area contributed by atoms with Crippen LogP contribution < -0.4 is 16.0 Å². The topological polar surface area (TPSA) is 127 Å². The van der Waals surface area contributed by atoms with E-state index < -0.39 is 36.0 Å². The Morgan fingerprint density at radius 2 is 2.12 bits per heavy atom. The lowest BCUT2D eigenvalue weighted by Crippen LogP contribution is -2.55. The van der Waals surface area contributed by atoms with Gasteiger partial charge in [-0.05, 0) is 37.3 Å². The van der Waals surface area contributed by atoms with E-state index in [1.54, 1.807) is 24.3 Å². The number of hydrogen-bond acceptors (Lipinski definition) is 4. The van der Waals surface area contributed by atoms with Crippen LogP contribution in [0.25, 0.3) is 10.9 Å². The van der Waals surface area contributed by atoms with Crippen molar-refractivity contribution < 1.29 is 18.8 Å². The summed E-state index contributed by atoms with van der Waals surface area (Å²) in [6.45, 7) is 0.516. The predicted octanol–water partition coefficient (Wildman–Crippen LogP) is 2.94. The van der Waals surface area contributed by atoms with Gasteiger partial charge in [-0.1, -0.05) is 36.6 Å². The van der Waals surface area contributed by atoms with Gasteiger partial charge in [0, 0.05) is 24.3 Å². The summed E-state index contributed by atoms with van der Waals surface area (Å²) < 4.78 is 15.3. The number of fused-ring (bicyclic) bond motifs is 1. The molecule has 10 heteroatoms. The number of alkyl halides is 1. The molecule has 2 heterocycles. The number of hydrogen-bond donors (Lipinski definition) is 4. The van der Waals surface area contributed by atoms with Gasteiger partial charge in [-0.15, -0.1) is 0 Å². The number of carbonyl (C=O) groups is 3. The Bertz CT molecular complexity index is 1120. The van der Waals surface area contributed by atoms with Crippen molar-refractivity contribution in [1.29, 1.82) is 5.26 Å². The number of para-hydroxylation sites is 1. The van der Waals surface area contributed by atoms with E-state index in [4.69, 9.17) is 11.6 Å². The van der Waals surface area contributed by atoms with Crippen molar-refractivity contribution in [2.45, 2.75) is 50.4 Å². The standard InChI is InChI=1S/C23H25ClFN5O3/c24-16-5-1-3-14-10-18(28-19(14)16)21(32)29-17(9-13-6-7-13)22(33)30-23(25,12-26)11-15-4-2-8-27-20(15)31/h1,3,5,10,13,15,17,28H,2,4,6-9,11H2,(H,27,31)(H,29,32)(H,30,33). The molecule has 0 spiro atoms. The number of rotatable bonds is 8. The molecule has 1 aliphatic heterocycles. The van der Waals surface area contributed by atoms with E-state index in [-0.39, 0.29) is 17.5 Å². The molecule has 174 valence electrons. The van der Waals surface area contributed by atoms with Crippen LogP contribution in [0.4, 0.5) is 4.39 Å². The van der Waals surface area contributed by atoms with Crippen molar-refractivity contribution in [1.82, 2.24) is 20.9 Å². The van der Waals surface area contributed by atoms with Crippen molar-refractivity contribution >= 4 is 40.2 Å². The first-order valence-electron chi connectivity index (χ1n) is 11.1. The second kappa shape index (κ2) is 9.40. The Kier molecular flexibility index (Phi) is 6.56. The summed E-state index contributed by atoms with van der Waals surface area (Å²) in [5.74, 6) is -4.80. The number of benzene rings is 1. The van der Waals surface area contributed by atoms with Crippen molar-refractivity contribution in [2.24, 2.45) is 11.8 Å². The van der Waals surface area contributed by atoms with Crippen molar-refractivity contribution in [3.63, 3.8) is 0 Å². The number of amides is 3. The quantitative estimate of drug-likeness (QED) is 0.439. The van der Waals surface area contributed by atoms with Crippen molar-refractivity contribution in [3.8, 4) is 6.07 Å². The highest BCUT2D eigenvalue weighted by Gasteiger charge is 2.40. The largest absolute Gasteiger partial charge is 0.356 e. The van der Waals surface area contributed by atoms with Crippen LogP contribution in [-0.4, -0.2) is 41.1 Å². The Balaban J connectivity index is 1.46. The fraction of sp³-hybridized carbons (Fsp3) is 0.478. The van der Waals surface area contributed by atoms with Crippen molar-refractivity contribution in [3.05, 3.63) is 35.0 Å². The maximum Gasteiger partial charge on any atom is 0.270 e. The summed E-state index contributed by atoms with van der Waals surface area (Å²) in [4.78, 5) is 40.7. The molecule has 8 nitrogen and oxygen atoms in total. The lowest BCUT2D eigenvalue weighted by atomic mass is 9.90. The molecule has 2 fully saturated rings. The fourth-order valence-electron chi connectivity index (χ4n) is 4.17. The van der Waals surface area contributed by atoms with Gasteiger partial charge in [0.2, 0.25) is 11.8 Å². The first-order valence-corrected chi connectivity index (χ1v) is 11.4. The zero-order valence-electron chi connectivity index (χ0n) is 17.9. The number of H-pyrrole nitrogens is 1. The number of piperidine rings is 1. The number of carbonyl (C=O) groups excluding carboxylic acids is 3. The van der Waals surface area contributed by atoms with E-state index in [0.717, 1.165) is 18.2 Å². The van der Waals surface area contributed by atoms with Gasteiger partial charge >= 0.3 is 0 Å². The van der Waals surface area contributed by atoms with Crippen LogP contribution in [0.2, 0.25) is 5.02 Å². The van der Waals surface area contributed by atoms with Gasteiger partial charge in [0.05, 0.1) is 10.5 Å². The lowest BCUT2D eigenvalue weighted by Gasteiger charge is -2.28. The molecule has 1 saturated heterocycles. The zero-order chi connectivity index (χ0) is 23.6. The van der Waals surface area contributed by atoms with E-state index in [1.807, 2.05) is 0 Å². The molecule has 1 aromatic carbocycles. The molecule has 4 rings (SSSR count). The van der Waals surface area contributed by atoms with E-state index in [2.05, 4.69) is 20.9 Å². The number of nitriles is 1. The minimum atomic E-state index is -2.71. The average molecular weight is 474 g/mol. The number of nitrogens with zero attached hydrogens (tertiary/aromatic N) is 1. The highest BCUT2D eigenvalue weighted by atomic mass is 35.5. The molecule has 1 saturated carbocycles. The number of aromatic amines is 1. The molecule has 3 amide bonds. The molecule has 2 aliphatic rings. The van der Waals surface area contributed by atoms with Gasteiger partial charge < -0.3 is 20.9 Å². The molecular formula is C23H25ClFN5O3. The predicted molar refractivity (Wildman–Crippen MR) is 120 cm³/mol. The van der Waals surface area contributed by atoms with Gasteiger partial charge in [-0.25, -0.2) is 4.39 Å². The first kappa shape index (κ1) is 23.1. The summed E-state index contributed by atoms with van der Waals surface area (Å²) in [5.41, 5.74) is 0.822. The van der Waals surface area contributed by atoms with E-state index in [9.17, 15) is 19.6 Å². The highest BCUT2D eigenvalue weighted by Crippen LogP contribution is 2.34. The SMILES string of the molecule is N#CC(F)(CC1CCCNC1=O)NC(=O)C(CC1CC1)NC(=O)c1cc2cccc(Cl)c2[nH]1. The summed E-state index contributed by atoms with van der Waals surface area (Å²) in [6, 6.07) is 7.36. The Morgan fingerprint density at radius 3 is 2.79 bits per heavy atom. The number of nitrogens with one attached hydrogen (secondary N) is 4. The Labute approximate surface area is 195 Å². The number of halogens is 2. The molecular weight excluding hydrogens is 449 g/mol. The highest BCUT2D eigenvalue weighted by molar-refractivity contribution is 6.35. The van der Waals surface area contributed by atoms with Gasteiger partial charge in [0.25, 0.3) is 11.7 Å². The molecule has 33 heavy (non-hydrogen) atoms. The summed E-state index contributed by atoms with van der Waals surface area (Å²) in [7, 11) is 0. The van der Waals surface area contributed by atoms with E-state index in [1.165, 1.54) is 6.07 Å². The van der Waals surface area contributed by atoms with Gasteiger partial charge in [0.15, 0.2) is 0 Å². The molecule has 4 N–H and O–H groups in total. The minimum Gasteiger partial charge on any atom is -0.356 e. The van der Waals surface area contributed by atoms with Gasteiger partial charge in [0.1, 0.15) is 17.8 Å². The molecule has 0 radical (unpaired) electrons. The third-order valence-corrected chi connectivity index (χ3v) is 6.48. The molecule has 0 bridgehead atoms. The second-order valence-corrected chi connectivity index (χ2v) is 9.24. The summed E-state index contributed by atoms with van der Waals surface area (Å²) in [5, 5.41) is 18.1. The van der Waals surface area contributed by atoms with Crippen molar-refractivity contribution in [2.75, 3.05) is 6.54 Å². The zero-order valence-corrected chi connectivity index (χ0v) is 18.7. The van der Waals surface area contributed by atoms with Crippen LogP contribution in [-0.2, 0) is 9.59 Å². The third-order valence-electron chi connectivity index (χ3n) is 6.16. The molecule has 1 aliphatic carbocycles. The number of aromatic nitrogens is 1. The van der Waals surface area contributed by atoms with Gasteiger partial charge in [-0.3, -0.25) is 14.4 Å². The van der Waals surface area contributed by atoms with E-state index in [0.29, 0.717) is 36.3 Å². The molecule has 3 atom stereocenters. The smallest absolute Gasteiger partial charge is 0.270 e. The Hall–Kier alpha value is -3.12. The minimum absolute atomic E-state index is 0.220. The second-order valence-electron chi connectivity index (χ2n) is 8.83. The van der Waals surface area contributed by atoms with E-state index >= 15 is 4.39 Å². The summed E-state index contributed by atoms with van der Waals surface area (Å²) >= 11 is 6.16. The van der Waals surface area contributed by atoms with Crippen LogP contribution in [0.5, 0.6) is 0 Å². The third kappa shape index (κ3) is 5.45. The van der Waals surface area contributed by atoms with Crippen LogP contribution in [0.3, 0.4) is 0 Å². The average Bonchev–Trinajstić information content (AvgIpc) is 3.49. The normalized spacial score (nSPS) is 20.9. The fourth-order valence-corrected chi connectivity index (χ4v) is 4.40. The maximum absolute atomic E-state index is 15.3. The Morgan fingerprint density at radius 1 is 1.33 bits per heavy atom. The van der Waals surface area contributed by atoms with Crippen LogP contribution >= 0.6 is 11.6 Å². The summed E-state index contributed by atoms with van der Waals surface area (Å²) in [6.07, 6.45) is 2.86. The van der Waals surface area contributed by atoms with Crippen LogP contribution in [0, 0.1) is 23.2 Å². The van der Waals surface area contributed by atoms with Gasteiger partial charge in [-0.2, -0.15) is 5.26 Å². The molecule has 1 aromatic heterocycles.